The molecule has 0 saturated heterocycles. The summed E-state index contributed by atoms with van der Waals surface area (Å²) in [5, 5.41) is 9.52. The van der Waals surface area contributed by atoms with E-state index in [4.69, 9.17) is 5.11 Å². The minimum Gasteiger partial charge on any atom is -0.396 e. The summed E-state index contributed by atoms with van der Waals surface area (Å²) in [5.74, 6) is 0. The predicted molar refractivity (Wildman–Crippen MR) is 63.6 cm³/mol. The van der Waals surface area contributed by atoms with Crippen LogP contribution in [0.5, 0.6) is 0 Å². The quantitative estimate of drug-likeness (QED) is 0.850. The third-order valence-corrected chi connectivity index (χ3v) is 2.99. The Labute approximate surface area is 102 Å². The first kappa shape index (κ1) is 13.0. The normalized spacial score (nSPS) is 12.3. The Morgan fingerprint density at radius 3 is 2.44 bits per heavy atom. The molecule has 2 aromatic rings. The maximum absolute atomic E-state index is 12.9. The summed E-state index contributed by atoms with van der Waals surface area (Å²) in [7, 11) is 0. The molecule has 2 N–H and O–H groups in total. The van der Waals surface area contributed by atoms with Crippen LogP contribution in [0.15, 0.2) is 12.1 Å². The van der Waals surface area contributed by atoms with Crippen molar-refractivity contribution >= 4 is 10.9 Å². The van der Waals surface area contributed by atoms with Crippen LogP contribution >= 0.6 is 0 Å². The van der Waals surface area contributed by atoms with Gasteiger partial charge >= 0.3 is 6.18 Å². The van der Waals surface area contributed by atoms with E-state index < -0.39 is 11.9 Å². The number of nitrogens with one attached hydrogen (secondary N) is 1. The van der Waals surface area contributed by atoms with Crippen molar-refractivity contribution in [1.82, 2.24) is 4.98 Å². The molecule has 0 radical (unpaired) electrons. The number of aliphatic hydroxyl groups excluding tert-OH is 1. The van der Waals surface area contributed by atoms with Gasteiger partial charge in [-0.3, -0.25) is 0 Å². The van der Waals surface area contributed by atoms with Crippen LogP contribution in [-0.4, -0.2) is 16.7 Å². The Kier molecular flexibility index (Phi) is 3.11. The molecule has 0 aliphatic rings. The standard InChI is InChI=1S/C13H14F3NO/c1-7-5-8(2)11-9(3-4-18)12(13(14,15)16)17-10(11)6-7/h5-6,17-18H,3-4H2,1-2H3. The van der Waals surface area contributed by atoms with Crippen LogP contribution in [-0.2, 0) is 12.6 Å². The predicted octanol–water partition coefficient (Wildman–Crippen LogP) is 3.34. The monoisotopic (exact) mass is 257 g/mol. The number of alkyl halides is 3. The minimum atomic E-state index is -4.43. The lowest BCUT2D eigenvalue weighted by Gasteiger charge is -2.07. The third kappa shape index (κ3) is 2.10. The first-order valence-corrected chi connectivity index (χ1v) is 5.64. The van der Waals surface area contributed by atoms with Crippen molar-refractivity contribution in [2.45, 2.75) is 26.4 Å². The highest BCUT2D eigenvalue weighted by atomic mass is 19.4. The van der Waals surface area contributed by atoms with Gasteiger partial charge in [-0.1, -0.05) is 6.07 Å². The maximum Gasteiger partial charge on any atom is 0.431 e. The number of hydrogen-bond acceptors (Lipinski definition) is 1. The Morgan fingerprint density at radius 2 is 1.89 bits per heavy atom. The molecule has 1 aromatic carbocycles. The molecule has 0 aliphatic heterocycles. The lowest BCUT2D eigenvalue weighted by atomic mass is 10.0. The van der Waals surface area contributed by atoms with E-state index in [0.29, 0.717) is 10.9 Å². The Bertz CT molecular complexity index is 584. The molecular formula is C13H14F3NO. The Morgan fingerprint density at radius 1 is 1.22 bits per heavy atom. The molecule has 5 heteroatoms. The van der Waals surface area contributed by atoms with Gasteiger partial charge in [0, 0.05) is 17.5 Å². The largest absolute Gasteiger partial charge is 0.431 e. The van der Waals surface area contributed by atoms with Gasteiger partial charge < -0.3 is 10.1 Å². The number of halogens is 3. The second-order valence-electron chi connectivity index (χ2n) is 4.45. The molecular weight excluding hydrogens is 243 g/mol. The molecule has 0 bridgehead atoms. The zero-order valence-corrected chi connectivity index (χ0v) is 10.2. The van der Waals surface area contributed by atoms with Gasteiger partial charge in [0.15, 0.2) is 0 Å². The topological polar surface area (TPSA) is 36.0 Å². The fraction of sp³-hybridized carbons (Fsp3) is 0.385. The van der Waals surface area contributed by atoms with Crippen molar-refractivity contribution in [2.75, 3.05) is 6.61 Å². The van der Waals surface area contributed by atoms with Gasteiger partial charge in [-0.2, -0.15) is 13.2 Å². The number of H-pyrrole nitrogens is 1. The van der Waals surface area contributed by atoms with E-state index in [1.165, 1.54) is 0 Å². The highest BCUT2D eigenvalue weighted by molar-refractivity contribution is 5.88. The number of aryl methyl sites for hydroxylation is 2. The van der Waals surface area contributed by atoms with Gasteiger partial charge in [0.25, 0.3) is 0 Å². The van der Waals surface area contributed by atoms with E-state index >= 15 is 0 Å². The van der Waals surface area contributed by atoms with Crippen molar-refractivity contribution in [1.29, 1.82) is 0 Å². The molecule has 18 heavy (non-hydrogen) atoms. The fourth-order valence-corrected chi connectivity index (χ4v) is 2.41. The van der Waals surface area contributed by atoms with Gasteiger partial charge in [0.1, 0.15) is 5.69 Å². The van der Waals surface area contributed by atoms with Crippen LogP contribution in [0, 0.1) is 13.8 Å². The number of aliphatic hydroxyl groups is 1. The second-order valence-corrected chi connectivity index (χ2v) is 4.45. The number of benzene rings is 1. The van der Waals surface area contributed by atoms with E-state index in [1.54, 1.807) is 13.0 Å². The highest BCUT2D eigenvalue weighted by Crippen LogP contribution is 2.37. The smallest absolute Gasteiger partial charge is 0.396 e. The third-order valence-electron chi connectivity index (χ3n) is 2.99. The van der Waals surface area contributed by atoms with Crippen LogP contribution in [0.2, 0.25) is 0 Å². The molecule has 0 fully saturated rings. The number of fused-ring (bicyclic) bond motifs is 1. The summed E-state index contributed by atoms with van der Waals surface area (Å²) in [6.45, 7) is 3.32. The molecule has 98 valence electrons. The van der Waals surface area contributed by atoms with Crippen molar-refractivity contribution in [3.8, 4) is 0 Å². The SMILES string of the molecule is Cc1cc(C)c2c(CCO)c(C(F)(F)F)[nH]c2c1. The van der Waals surface area contributed by atoms with Crippen LogP contribution in [0.1, 0.15) is 22.4 Å². The maximum atomic E-state index is 12.9. The molecule has 0 amide bonds. The summed E-state index contributed by atoms with van der Waals surface area (Å²) < 4.78 is 38.8. The molecule has 0 saturated carbocycles. The summed E-state index contributed by atoms with van der Waals surface area (Å²) in [4.78, 5) is 2.43. The van der Waals surface area contributed by atoms with Crippen molar-refractivity contribution < 1.29 is 18.3 Å². The van der Waals surface area contributed by atoms with Gasteiger partial charge in [-0.15, -0.1) is 0 Å². The van der Waals surface area contributed by atoms with Gasteiger partial charge in [-0.05, 0) is 43.0 Å². The first-order valence-electron chi connectivity index (χ1n) is 5.64. The molecule has 1 aromatic heterocycles. The zero-order valence-electron chi connectivity index (χ0n) is 10.2. The van der Waals surface area contributed by atoms with Crippen LogP contribution in [0.3, 0.4) is 0 Å². The second kappa shape index (κ2) is 4.31. The van der Waals surface area contributed by atoms with Crippen LogP contribution < -0.4 is 0 Å². The van der Waals surface area contributed by atoms with Crippen molar-refractivity contribution in [3.63, 3.8) is 0 Å². The first-order chi connectivity index (χ1) is 8.34. The lowest BCUT2D eigenvalue weighted by molar-refractivity contribution is -0.141. The summed E-state index contributed by atoms with van der Waals surface area (Å²) >= 11 is 0. The molecule has 2 rings (SSSR count). The molecule has 2 nitrogen and oxygen atoms in total. The minimum absolute atomic E-state index is 0.00125. The van der Waals surface area contributed by atoms with E-state index in [9.17, 15) is 13.2 Å². The van der Waals surface area contributed by atoms with E-state index in [0.717, 1.165) is 11.1 Å². The molecule has 0 atom stereocenters. The summed E-state index contributed by atoms with van der Waals surface area (Å²) in [6.07, 6.45) is -4.43. The number of hydrogen-bond donors (Lipinski definition) is 2. The molecule has 0 aliphatic carbocycles. The van der Waals surface area contributed by atoms with E-state index in [1.807, 2.05) is 13.0 Å². The molecule has 1 heterocycles. The van der Waals surface area contributed by atoms with Gasteiger partial charge in [0.2, 0.25) is 0 Å². The highest BCUT2D eigenvalue weighted by Gasteiger charge is 2.36. The summed E-state index contributed by atoms with van der Waals surface area (Å²) in [6, 6.07) is 3.54. The van der Waals surface area contributed by atoms with E-state index in [-0.39, 0.29) is 18.6 Å². The molecule has 0 unspecified atom stereocenters. The Balaban J connectivity index is 2.80. The van der Waals surface area contributed by atoms with Gasteiger partial charge in [0.05, 0.1) is 0 Å². The zero-order chi connectivity index (χ0) is 13.5. The van der Waals surface area contributed by atoms with Crippen molar-refractivity contribution in [2.24, 2.45) is 0 Å². The lowest BCUT2D eigenvalue weighted by Crippen LogP contribution is -2.09. The van der Waals surface area contributed by atoms with E-state index in [2.05, 4.69) is 4.98 Å². The average molecular weight is 257 g/mol. The number of aromatic amines is 1. The number of aromatic nitrogens is 1. The van der Waals surface area contributed by atoms with Crippen LogP contribution in [0.4, 0.5) is 13.2 Å². The Hall–Kier alpha value is -1.49. The summed E-state index contributed by atoms with van der Waals surface area (Å²) in [5.41, 5.74) is 1.58. The van der Waals surface area contributed by atoms with Gasteiger partial charge in [-0.25, -0.2) is 0 Å². The number of rotatable bonds is 2. The fourth-order valence-electron chi connectivity index (χ4n) is 2.41. The van der Waals surface area contributed by atoms with Crippen molar-refractivity contribution in [3.05, 3.63) is 34.5 Å². The van der Waals surface area contributed by atoms with Crippen LogP contribution in [0.25, 0.3) is 10.9 Å². The average Bonchev–Trinajstić information content (AvgIpc) is 2.57. The molecule has 0 spiro atoms.